The quantitative estimate of drug-likeness (QED) is 0.225. The topological polar surface area (TPSA) is 39.9 Å². The standard InChI is InChI=1S/C38H23N3O/c1-3-11-24(12-4-1)31-23-32(25-13-5-2-6-14-25)40-38(39-31)41-33-19-8-7-17-27(33)29-22-36-30(21-34(29)41)28-18-9-15-26-16-10-20-35(42-36)37(26)28/h1-23H. The van der Waals surface area contributed by atoms with E-state index in [-0.39, 0.29) is 0 Å². The molecule has 0 spiro atoms. The number of aromatic nitrogens is 3. The lowest BCUT2D eigenvalue weighted by molar-refractivity contribution is 0.488. The van der Waals surface area contributed by atoms with E-state index in [0.717, 1.165) is 66.8 Å². The molecular weight excluding hydrogens is 514 g/mol. The van der Waals surface area contributed by atoms with Crippen LogP contribution in [-0.4, -0.2) is 14.5 Å². The molecule has 9 rings (SSSR count). The lowest BCUT2D eigenvalue weighted by Gasteiger charge is -2.21. The molecule has 0 amide bonds. The van der Waals surface area contributed by atoms with Gasteiger partial charge in [-0.1, -0.05) is 109 Å². The smallest absolute Gasteiger partial charge is 0.235 e. The molecule has 3 heterocycles. The van der Waals surface area contributed by atoms with Gasteiger partial charge in [0.15, 0.2) is 0 Å². The van der Waals surface area contributed by atoms with Crippen molar-refractivity contribution >= 4 is 32.6 Å². The van der Waals surface area contributed by atoms with Gasteiger partial charge in [0.1, 0.15) is 11.5 Å². The van der Waals surface area contributed by atoms with Gasteiger partial charge >= 0.3 is 0 Å². The van der Waals surface area contributed by atoms with Crippen LogP contribution in [0.5, 0.6) is 11.5 Å². The van der Waals surface area contributed by atoms with Crippen LogP contribution in [0.15, 0.2) is 140 Å². The average molecular weight is 538 g/mol. The van der Waals surface area contributed by atoms with Crippen molar-refractivity contribution in [1.29, 1.82) is 0 Å². The molecule has 4 nitrogen and oxygen atoms in total. The van der Waals surface area contributed by atoms with Crippen molar-refractivity contribution in [2.45, 2.75) is 0 Å². The van der Waals surface area contributed by atoms with Gasteiger partial charge < -0.3 is 4.74 Å². The lowest BCUT2D eigenvalue weighted by Crippen LogP contribution is -2.04. The highest BCUT2D eigenvalue weighted by molar-refractivity contribution is 6.13. The number of nitrogens with zero attached hydrogens (tertiary/aromatic N) is 3. The van der Waals surface area contributed by atoms with Gasteiger partial charge in [-0.2, -0.15) is 0 Å². The fourth-order valence-electron chi connectivity index (χ4n) is 6.29. The summed E-state index contributed by atoms with van der Waals surface area (Å²) in [6, 6.07) is 48.3. The summed E-state index contributed by atoms with van der Waals surface area (Å²) in [4.78, 5) is 10.4. The van der Waals surface area contributed by atoms with E-state index in [9.17, 15) is 0 Å². The van der Waals surface area contributed by atoms with Crippen LogP contribution in [-0.2, 0) is 0 Å². The van der Waals surface area contributed by atoms with Gasteiger partial charge in [0.25, 0.3) is 0 Å². The Bertz CT molecular complexity index is 2260. The van der Waals surface area contributed by atoms with Gasteiger partial charge in [0.2, 0.25) is 5.95 Å². The highest BCUT2D eigenvalue weighted by Crippen LogP contribution is 2.49. The molecule has 0 bridgehead atoms. The minimum absolute atomic E-state index is 0.636. The molecule has 0 unspecified atom stereocenters. The molecule has 6 aromatic carbocycles. The van der Waals surface area contributed by atoms with E-state index in [2.05, 4.69) is 108 Å². The Morgan fingerprint density at radius 3 is 1.88 bits per heavy atom. The van der Waals surface area contributed by atoms with E-state index in [1.807, 2.05) is 36.4 Å². The average Bonchev–Trinajstić information content (AvgIpc) is 3.38. The van der Waals surface area contributed by atoms with Crippen molar-refractivity contribution in [3.63, 3.8) is 0 Å². The second-order valence-electron chi connectivity index (χ2n) is 10.7. The number of benzene rings is 6. The van der Waals surface area contributed by atoms with E-state index in [1.54, 1.807) is 0 Å². The first-order valence-electron chi connectivity index (χ1n) is 14.1. The number of rotatable bonds is 3. The van der Waals surface area contributed by atoms with Crippen LogP contribution >= 0.6 is 0 Å². The maximum Gasteiger partial charge on any atom is 0.235 e. The molecule has 8 aromatic rings. The summed E-state index contributed by atoms with van der Waals surface area (Å²) in [6.45, 7) is 0. The third-order valence-electron chi connectivity index (χ3n) is 8.20. The Labute approximate surface area is 242 Å². The van der Waals surface area contributed by atoms with Crippen LogP contribution in [0.4, 0.5) is 0 Å². The van der Waals surface area contributed by atoms with E-state index < -0.39 is 0 Å². The van der Waals surface area contributed by atoms with E-state index in [0.29, 0.717) is 5.95 Å². The Balaban J connectivity index is 1.37. The molecule has 1 aliphatic heterocycles. The van der Waals surface area contributed by atoms with E-state index in [4.69, 9.17) is 14.7 Å². The fourth-order valence-corrected chi connectivity index (χ4v) is 6.29. The summed E-state index contributed by atoms with van der Waals surface area (Å²) in [7, 11) is 0. The largest absolute Gasteiger partial charge is 0.456 e. The maximum absolute atomic E-state index is 6.53. The highest BCUT2D eigenvalue weighted by Gasteiger charge is 2.24. The first-order chi connectivity index (χ1) is 20.8. The molecule has 0 saturated heterocycles. The van der Waals surface area contributed by atoms with Crippen LogP contribution in [0, 0.1) is 0 Å². The molecular formula is C38H23N3O. The van der Waals surface area contributed by atoms with Crippen molar-refractivity contribution in [3.8, 4) is 51.1 Å². The SMILES string of the molecule is c1ccc(-c2cc(-c3ccccc3)nc(-n3c4ccccc4c4cc5c(cc43)-c3cccc4cccc(c34)O5)n2)cc1. The number of hydrogen-bond acceptors (Lipinski definition) is 3. The molecule has 4 heteroatoms. The third kappa shape index (κ3) is 3.42. The van der Waals surface area contributed by atoms with Crippen LogP contribution in [0.1, 0.15) is 0 Å². The van der Waals surface area contributed by atoms with Crippen molar-refractivity contribution in [2.24, 2.45) is 0 Å². The first-order valence-corrected chi connectivity index (χ1v) is 14.1. The molecule has 2 aromatic heterocycles. The molecule has 0 fully saturated rings. The summed E-state index contributed by atoms with van der Waals surface area (Å²) >= 11 is 0. The van der Waals surface area contributed by atoms with Crippen LogP contribution in [0.2, 0.25) is 0 Å². The molecule has 42 heavy (non-hydrogen) atoms. The predicted molar refractivity (Wildman–Crippen MR) is 170 cm³/mol. The summed E-state index contributed by atoms with van der Waals surface area (Å²) in [6.07, 6.45) is 0. The molecule has 0 N–H and O–H groups in total. The summed E-state index contributed by atoms with van der Waals surface area (Å²) < 4.78 is 8.73. The lowest BCUT2D eigenvalue weighted by atomic mass is 9.94. The maximum atomic E-state index is 6.53. The molecule has 0 radical (unpaired) electrons. The van der Waals surface area contributed by atoms with E-state index >= 15 is 0 Å². The van der Waals surface area contributed by atoms with Gasteiger partial charge in [0.05, 0.1) is 22.4 Å². The van der Waals surface area contributed by atoms with Crippen molar-refractivity contribution < 1.29 is 4.74 Å². The van der Waals surface area contributed by atoms with Crippen LogP contribution in [0.25, 0.3) is 72.2 Å². The van der Waals surface area contributed by atoms with Crippen molar-refractivity contribution in [2.75, 3.05) is 0 Å². The molecule has 1 aliphatic rings. The zero-order valence-corrected chi connectivity index (χ0v) is 22.5. The second-order valence-corrected chi connectivity index (χ2v) is 10.7. The molecule has 196 valence electrons. The zero-order valence-electron chi connectivity index (χ0n) is 22.5. The molecule has 0 saturated carbocycles. The fraction of sp³-hybridized carbons (Fsp3) is 0. The summed E-state index contributed by atoms with van der Waals surface area (Å²) in [5, 5.41) is 4.54. The van der Waals surface area contributed by atoms with Crippen LogP contribution in [0.3, 0.4) is 0 Å². The minimum atomic E-state index is 0.636. The van der Waals surface area contributed by atoms with Gasteiger partial charge in [-0.05, 0) is 41.3 Å². The van der Waals surface area contributed by atoms with Gasteiger partial charge in [-0.15, -0.1) is 0 Å². The zero-order chi connectivity index (χ0) is 27.6. The Hall–Kier alpha value is -5.74. The summed E-state index contributed by atoms with van der Waals surface area (Å²) in [5.41, 5.74) is 8.19. The third-order valence-corrected chi connectivity index (χ3v) is 8.20. The van der Waals surface area contributed by atoms with Crippen LogP contribution < -0.4 is 4.74 Å². The van der Waals surface area contributed by atoms with Crippen molar-refractivity contribution in [1.82, 2.24) is 14.5 Å². The number of fused-ring (bicyclic) bond motifs is 5. The predicted octanol–water partition coefficient (Wildman–Crippen LogP) is 9.83. The number of para-hydroxylation sites is 1. The first kappa shape index (κ1) is 23.0. The monoisotopic (exact) mass is 537 g/mol. The Morgan fingerprint density at radius 1 is 0.476 bits per heavy atom. The minimum Gasteiger partial charge on any atom is -0.456 e. The number of ether oxygens (including phenoxy) is 1. The van der Waals surface area contributed by atoms with Gasteiger partial charge in [-0.25, -0.2) is 9.97 Å². The normalized spacial score (nSPS) is 12.0. The second kappa shape index (κ2) is 8.88. The molecule has 0 atom stereocenters. The Kier molecular flexibility index (Phi) is 4.87. The van der Waals surface area contributed by atoms with Gasteiger partial charge in [-0.3, -0.25) is 4.57 Å². The highest BCUT2D eigenvalue weighted by atomic mass is 16.5. The molecule has 0 aliphatic carbocycles. The van der Waals surface area contributed by atoms with Gasteiger partial charge in [0, 0.05) is 32.8 Å². The summed E-state index contributed by atoms with van der Waals surface area (Å²) in [5.74, 6) is 2.39. The van der Waals surface area contributed by atoms with Crippen molar-refractivity contribution in [3.05, 3.63) is 140 Å². The van der Waals surface area contributed by atoms with E-state index in [1.165, 1.54) is 10.9 Å². The number of hydrogen-bond donors (Lipinski definition) is 0. The Morgan fingerprint density at radius 2 is 1.14 bits per heavy atom.